The first-order valence-corrected chi connectivity index (χ1v) is 4.87. The number of fused-ring (bicyclic) bond motifs is 1. The molecule has 1 aromatic heterocycles. The highest BCUT2D eigenvalue weighted by atomic mass is 32.1. The molecule has 2 rings (SSSR count). The second-order valence-electron chi connectivity index (χ2n) is 3.18. The van der Waals surface area contributed by atoms with Crippen LogP contribution in [0.4, 0.5) is 0 Å². The molecule has 0 amide bonds. The van der Waals surface area contributed by atoms with Crippen molar-refractivity contribution in [2.45, 2.75) is 18.2 Å². The lowest BCUT2D eigenvalue weighted by Crippen LogP contribution is -1.96. The monoisotopic (exact) mass is 208 g/mol. The summed E-state index contributed by atoms with van der Waals surface area (Å²) in [4.78, 5) is 7.36. The zero-order chi connectivity index (χ0) is 10.1. The molecule has 74 valence electrons. The lowest BCUT2D eigenvalue weighted by Gasteiger charge is -2.09. The Hall–Kier alpha value is -1.00. The Bertz CT molecular complexity index is 452. The third-order valence-electron chi connectivity index (χ3n) is 2.33. The Balaban J connectivity index is 2.64. The summed E-state index contributed by atoms with van der Waals surface area (Å²) < 4.78 is 5.28. The standard InChI is InChI=1S/C10H12N2OS/c1-6(13-2)7-4-3-5-8-9(7)12-10(14)11-8/h3-6H,1-2H3,(H2,11,12,14). The maximum absolute atomic E-state index is 5.28. The molecular weight excluding hydrogens is 196 g/mol. The number of aromatic amines is 1. The van der Waals surface area contributed by atoms with E-state index in [0.29, 0.717) is 5.16 Å². The van der Waals surface area contributed by atoms with Gasteiger partial charge in [-0.2, -0.15) is 0 Å². The fourth-order valence-corrected chi connectivity index (χ4v) is 1.73. The van der Waals surface area contributed by atoms with E-state index < -0.39 is 0 Å². The normalized spacial score (nSPS) is 13.4. The molecule has 0 saturated heterocycles. The van der Waals surface area contributed by atoms with Gasteiger partial charge in [0.2, 0.25) is 0 Å². The van der Waals surface area contributed by atoms with Crippen LogP contribution in [0.1, 0.15) is 18.6 Å². The van der Waals surface area contributed by atoms with Crippen LogP contribution >= 0.6 is 12.6 Å². The van der Waals surface area contributed by atoms with E-state index >= 15 is 0 Å². The van der Waals surface area contributed by atoms with E-state index in [1.165, 1.54) is 0 Å². The lowest BCUT2D eigenvalue weighted by molar-refractivity contribution is 0.120. The summed E-state index contributed by atoms with van der Waals surface area (Å²) in [6, 6.07) is 5.96. The molecule has 0 saturated carbocycles. The van der Waals surface area contributed by atoms with Crippen molar-refractivity contribution in [3.8, 4) is 0 Å². The summed E-state index contributed by atoms with van der Waals surface area (Å²) in [5.41, 5.74) is 3.04. The summed E-state index contributed by atoms with van der Waals surface area (Å²) in [5.74, 6) is 0. The highest BCUT2D eigenvalue weighted by molar-refractivity contribution is 7.80. The Morgan fingerprint density at radius 1 is 1.50 bits per heavy atom. The zero-order valence-electron chi connectivity index (χ0n) is 8.11. The summed E-state index contributed by atoms with van der Waals surface area (Å²) >= 11 is 4.18. The average Bonchev–Trinajstić information content (AvgIpc) is 2.56. The molecule has 14 heavy (non-hydrogen) atoms. The first-order valence-electron chi connectivity index (χ1n) is 4.42. The highest BCUT2D eigenvalue weighted by Crippen LogP contribution is 2.24. The molecule has 1 N–H and O–H groups in total. The van der Waals surface area contributed by atoms with Gasteiger partial charge in [-0.25, -0.2) is 4.98 Å². The smallest absolute Gasteiger partial charge is 0.163 e. The lowest BCUT2D eigenvalue weighted by atomic mass is 10.1. The van der Waals surface area contributed by atoms with Crippen molar-refractivity contribution in [3.05, 3.63) is 23.8 Å². The van der Waals surface area contributed by atoms with Crippen molar-refractivity contribution in [3.63, 3.8) is 0 Å². The topological polar surface area (TPSA) is 37.9 Å². The van der Waals surface area contributed by atoms with E-state index in [9.17, 15) is 0 Å². The van der Waals surface area contributed by atoms with E-state index in [-0.39, 0.29) is 6.10 Å². The Morgan fingerprint density at radius 2 is 2.29 bits per heavy atom. The molecule has 1 atom stereocenters. The van der Waals surface area contributed by atoms with Crippen LogP contribution in [-0.4, -0.2) is 17.1 Å². The van der Waals surface area contributed by atoms with Crippen LogP contribution in [0.2, 0.25) is 0 Å². The molecule has 0 bridgehead atoms. The first-order chi connectivity index (χ1) is 6.72. The number of methoxy groups -OCH3 is 1. The molecule has 2 aromatic rings. The van der Waals surface area contributed by atoms with Crippen molar-refractivity contribution >= 4 is 23.7 Å². The minimum absolute atomic E-state index is 0.0619. The van der Waals surface area contributed by atoms with Gasteiger partial charge in [0.25, 0.3) is 0 Å². The molecule has 3 nitrogen and oxygen atoms in total. The van der Waals surface area contributed by atoms with Crippen molar-refractivity contribution < 1.29 is 4.74 Å². The van der Waals surface area contributed by atoms with Gasteiger partial charge in [0.1, 0.15) is 0 Å². The molecule has 0 radical (unpaired) electrons. The fraction of sp³-hybridized carbons (Fsp3) is 0.300. The van der Waals surface area contributed by atoms with Crippen molar-refractivity contribution in [2.24, 2.45) is 0 Å². The molecule has 0 fully saturated rings. The van der Waals surface area contributed by atoms with Gasteiger partial charge in [0.15, 0.2) is 5.16 Å². The Kier molecular flexibility index (Phi) is 2.48. The SMILES string of the molecule is COC(C)c1cccc2nc(S)[nH]c12. The molecule has 0 aliphatic heterocycles. The van der Waals surface area contributed by atoms with Crippen molar-refractivity contribution in [2.75, 3.05) is 7.11 Å². The van der Waals surface area contributed by atoms with Gasteiger partial charge in [0, 0.05) is 12.7 Å². The number of hydrogen-bond donors (Lipinski definition) is 2. The van der Waals surface area contributed by atoms with E-state index in [1.54, 1.807) is 7.11 Å². The minimum Gasteiger partial charge on any atom is -0.377 e. The van der Waals surface area contributed by atoms with Crippen molar-refractivity contribution in [1.29, 1.82) is 0 Å². The molecule has 1 aromatic carbocycles. The largest absolute Gasteiger partial charge is 0.377 e. The fourth-order valence-electron chi connectivity index (χ4n) is 1.51. The van der Waals surface area contributed by atoms with Gasteiger partial charge >= 0.3 is 0 Å². The molecule has 0 aliphatic rings. The van der Waals surface area contributed by atoms with Gasteiger partial charge in [-0.1, -0.05) is 12.1 Å². The number of imidazole rings is 1. The zero-order valence-corrected chi connectivity index (χ0v) is 9.01. The van der Waals surface area contributed by atoms with E-state index in [2.05, 4.69) is 22.6 Å². The third kappa shape index (κ3) is 1.51. The quantitative estimate of drug-likeness (QED) is 0.744. The van der Waals surface area contributed by atoms with Crippen LogP contribution in [0.5, 0.6) is 0 Å². The van der Waals surface area contributed by atoms with E-state index in [4.69, 9.17) is 4.74 Å². The number of H-pyrrole nitrogens is 1. The van der Waals surface area contributed by atoms with E-state index in [1.807, 2.05) is 25.1 Å². The number of benzene rings is 1. The highest BCUT2D eigenvalue weighted by Gasteiger charge is 2.10. The maximum atomic E-state index is 5.28. The number of nitrogens with one attached hydrogen (secondary N) is 1. The van der Waals surface area contributed by atoms with Crippen LogP contribution in [0.15, 0.2) is 23.4 Å². The summed E-state index contributed by atoms with van der Waals surface area (Å²) in [6.45, 7) is 2.01. The predicted octanol–water partition coefficient (Wildman–Crippen LogP) is 2.56. The Morgan fingerprint density at radius 3 is 3.00 bits per heavy atom. The van der Waals surface area contributed by atoms with Crippen LogP contribution in [0, 0.1) is 0 Å². The van der Waals surface area contributed by atoms with Gasteiger partial charge in [-0.3, -0.25) is 0 Å². The summed E-state index contributed by atoms with van der Waals surface area (Å²) in [7, 11) is 1.70. The summed E-state index contributed by atoms with van der Waals surface area (Å²) in [6.07, 6.45) is 0.0619. The predicted molar refractivity (Wildman–Crippen MR) is 58.8 cm³/mol. The second kappa shape index (κ2) is 3.63. The molecular formula is C10H12N2OS. The number of aromatic nitrogens is 2. The number of thiol groups is 1. The molecule has 4 heteroatoms. The van der Waals surface area contributed by atoms with Crippen LogP contribution < -0.4 is 0 Å². The van der Waals surface area contributed by atoms with Crippen molar-refractivity contribution in [1.82, 2.24) is 9.97 Å². The van der Waals surface area contributed by atoms with Crippen LogP contribution in [0.3, 0.4) is 0 Å². The molecule has 0 aliphatic carbocycles. The molecule has 0 spiro atoms. The third-order valence-corrected chi connectivity index (χ3v) is 2.54. The van der Waals surface area contributed by atoms with Gasteiger partial charge < -0.3 is 9.72 Å². The number of hydrogen-bond acceptors (Lipinski definition) is 3. The Labute approximate surface area is 87.9 Å². The number of para-hydroxylation sites is 1. The number of ether oxygens (including phenoxy) is 1. The first kappa shape index (κ1) is 9.55. The van der Waals surface area contributed by atoms with E-state index in [0.717, 1.165) is 16.6 Å². The van der Waals surface area contributed by atoms with Crippen LogP contribution in [-0.2, 0) is 4.74 Å². The number of nitrogens with zero attached hydrogens (tertiary/aromatic N) is 1. The molecule has 1 unspecified atom stereocenters. The maximum Gasteiger partial charge on any atom is 0.163 e. The van der Waals surface area contributed by atoms with Crippen LogP contribution in [0.25, 0.3) is 11.0 Å². The molecule has 1 heterocycles. The summed E-state index contributed by atoms with van der Waals surface area (Å²) in [5, 5.41) is 0.635. The average molecular weight is 208 g/mol. The second-order valence-corrected chi connectivity index (χ2v) is 3.60. The van der Waals surface area contributed by atoms with Gasteiger partial charge in [-0.05, 0) is 13.0 Å². The number of rotatable bonds is 2. The van der Waals surface area contributed by atoms with Gasteiger partial charge in [-0.15, -0.1) is 12.6 Å². The van der Waals surface area contributed by atoms with Gasteiger partial charge in [0.05, 0.1) is 17.1 Å². The minimum atomic E-state index is 0.0619.